The maximum absolute atomic E-state index is 13.0. The Balaban J connectivity index is 1.47. The van der Waals surface area contributed by atoms with Gasteiger partial charge in [0.05, 0.1) is 0 Å². The summed E-state index contributed by atoms with van der Waals surface area (Å²) in [6.07, 6.45) is 3.30. The van der Waals surface area contributed by atoms with E-state index < -0.39 is 35.0 Å². The zero-order chi connectivity index (χ0) is 28.4. The molecule has 0 aliphatic heterocycles. The number of fused-ring (bicyclic) bond motifs is 2. The Morgan fingerprint density at radius 3 is 1.33 bits per heavy atom. The number of benzene rings is 2. The van der Waals surface area contributed by atoms with Gasteiger partial charge in [-0.1, -0.05) is 40.5 Å². The molecule has 0 amide bonds. The minimum atomic E-state index is -1.30. The van der Waals surface area contributed by atoms with Crippen LogP contribution in [0.15, 0.2) is 36.4 Å². The van der Waals surface area contributed by atoms with Crippen molar-refractivity contribution in [2.45, 2.75) is 66.2 Å². The molecular formula is C32H34O7. The molecule has 0 radical (unpaired) electrons. The van der Waals surface area contributed by atoms with E-state index in [1.54, 1.807) is 0 Å². The van der Waals surface area contributed by atoms with E-state index in [1.807, 2.05) is 0 Å². The molecule has 2 aromatic rings. The minimum Gasteiger partial charge on any atom is -0.457 e. The van der Waals surface area contributed by atoms with Gasteiger partial charge in [0.25, 0.3) is 0 Å². The minimum absolute atomic E-state index is 0.138. The first kappa shape index (κ1) is 28.3. The summed E-state index contributed by atoms with van der Waals surface area (Å²) in [5, 5.41) is 0. The summed E-state index contributed by atoms with van der Waals surface area (Å²) < 4.78 is 5.87. The summed E-state index contributed by atoms with van der Waals surface area (Å²) in [7, 11) is 0. The smallest absolute Gasteiger partial charge is 0.182 e. The number of ketones is 6. The van der Waals surface area contributed by atoms with Crippen LogP contribution in [0.5, 0.6) is 11.5 Å². The molecule has 0 spiro atoms. The highest BCUT2D eigenvalue weighted by Gasteiger charge is 2.44. The number of rotatable bonds is 12. The van der Waals surface area contributed by atoms with Gasteiger partial charge in [-0.05, 0) is 61.1 Å². The normalized spacial score (nSPS) is 18.2. The highest BCUT2D eigenvalue weighted by molar-refractivity contribution is 6.36. The highest BCUT2D eigenvalue weighted by atomic mass is 16.5. The maximum atomic E-state index is 13.0. The lowest BCUT2D eigenvalue weighted by Crippen LogP contribution is -2.25. The highest BCUT2D eigenvalue weighted by Crippen LogP contribution is 2.36. The molecule has 0 fully saturated rings. The van der Waals surface area contributed by atoms with Gasteiger partial charge in [-0.25, -0.2) is 0 Å². The molecule has 0 saturated heterocycles. The predicted octanol–water partition coefficient (Wildman–Crippen LogP) is 6.26. The van der Waals surface area contributed by atoms with Crippen molar-refractivity contribution in [1.29, 1.82) is 0 Å². The lowest BCUT2D eigenvalue weighted by atomic mass is 9.93. The lowest BCUT2D eigenvalue weighted by Gasteiger charge is -2.08. The fourth-order valence-electron chi connectivity index (χ4n) is 5.25. The van der Waals surface area contributed by atoms with Crippen LogP contribution in [0.25, 0.3) is 0 Å². The summed E-state index contributed by atoms with van der Waals surface area (Å²) in [5.74, 6) is -3.99. The molecular weight excluding hydrogens is 496 g/mol. The number of carbonyl (C=O) groups excluding carboxylic acids is 6. The molecule has 2 aliphatic rings. The largest absolute Gasteiger partial charge is 0.457 e. The first-order valence-electron chi connectivity index (χ1n) is 13.7. The van der Waals surface area contributed by atoms with E-state index in [2.05, 4.69) is 27.7 Å². The van der Waals surface area contributed by atoms with Crippen LogP contribution in [-0.4, -0.2) is 34.7 Å². The third-order valence-corrected chi connectivity index (χ3v) is 7.38. The van der Waals surface area contributed by atoms with Crippen molar-refractivity contribution in [2.75, 3.05) is 0 Å². The van der Waals surface area contributed by atoms with E-state index in [9.17, 15) is 28.8 Å². The van der Waals surface area contributed by atoms with Crippen LogP contribution in [-0.2, 0) is 9.59 Å². The Bertz CT molecular complexity index is 1260. The van der Waals surface area contributed by atoms with Crippen LogP contribution in [0.3, 0.4) is 0 Å². The molecule has 7 nitrogen and oxygen atoms in total. The molecule has 204 valence electrons. The maximum Gasteiger partial charge on any atom is 0.182 e. The average molecular weight is 531 g/mol. The summed E-state index contributed by atoms with van der Waals surface area (Å²) in [6, 6.07) is 8.85. The average Bonchev–Trinajstić information content (AvgIpc) is 3.27. The van der Waals surface area contributed by atoms with Crippen LogP contribution >= 0.6 is 0 Å². The quantitative estimate of drug-likeness (QED) is 0.298. The Kier molecular flexibility index (Phi) is 8.38. The zero-order valence-electron chi connectivity index (χ0n) is 22.9. The van der Waals surface area contributed by atoms with Crippen molar-refractivity contribution in [3.05, 3.63) is 58.7 Å². The van der Waals surface area contributed by atoms with Crippen LogP contribution in [0.4, 0.5) is 0 Å². The molecule has 0 saturated carbocycles. The standard InChI is InChI=1S/C32H34O7/c1-17(2)7-5-9-25(33)27-29(35)21-13-11-19(15-23(21)31(27)37)39-20-12-14-22-24(16-20)32(38)28(30(22)36)26(34)10-6-8-18(3)4/h11-18,27-28H,5-10H2,1-4H3. The topological polar surface area (TPSA) is 112 Å². The van der Waals surface area contributed by atoms with Gasteiger partial charge in [-0.3, -0.25) is 28.8 Å². The molecule has 7 heteroatoms. The third-order valence-electron chi connectivity index (χ3n) is 7.38. The van der Waals surface area contributed by atoms with E-state index >= 15 is 0 Å². The van der Waals surface area contributed by atoms with Crippen LogP contribution < -0.4 is 4.74 Å². The Hall–Kier alpha value is -3.74. The Labute approximate surface area is 228 Å². The SMILES string of the molecule is CC(C)CCCC(=O)C1C(=O)c2ccc(Oc3ccc4c(c3)C(=O)C(C(=O)CCCC(C)C)C4=O)cc2C1=O. The molecule has 2 aliphatic carbocycles. The monoisotopic (exact) mass is 530 g/mol. The van der Waals surface area contributed by atoms with Gasteiger partial charge in [0, 0.05) is 35.1 Å². The molecule has 0 aromatic heterocycles. The van der Waals surface area contributed by atoms with E-state index in [0.29, 0.717) is 24.7 Å². The molecule has 0 bridgehead atoms. The summed E-state index contributed by atoms with van der Waals surface area (Å²) in [4.78, 5) is 76.9. The molecule has 0 heterocycles. The molecule has 4 rings (SSSR count). The number of hydrogen-bond donors (Lipinski definition) is 0. The van der Waals surface area contributed by atoms with Crippen molar-refractivity contribution < 1.29 is 33.5 Å². The van der Waals surface area contributed by atoms with Crippen molar-refractivity contribution >= 4 is 34.7 Å². The number of ether oxygens (including phenoxy) is 1. The molecule has 2 atom stereocenters. The first-order chi connectivity index (χ1) is 18.5. The predicted molar refractivity (Wildman–Crippen MR) is 145 cm³/mol. The molecule has 2 aromatic carbocycles. The zero-order valence-corrected chi connectivity index (χ0v) is 22.9. The van der Waals surface area contributed by atoms with E-state index in [0.717, 1.165) is 12.8 Å². The molecule has 2 unspecified atom stereocenters. The second-order valence-corrected chi connectivity index (χ2v) is 11.3. The third kappa shape index (κ3) is 5.82. The first-order valence-corrected chi connectivity index (χ1v) is 13.7. The number of Topliss-reactive ketones (excluding diaryl/α,β-unsaturated/α-hetero) is 6. The van der Waals surface area contributed by atoms with Gasteiger partial charge in [-0.15, -0.1) is 0 Å². The lowest BCUT2D eigenvalue weighted by molar-refractivity contribution is -0.121. The summed E-state index contributed by atoms with van der Waals surface area (Å²) in [5.41, 5.74) is 0.671. The molecule has 39 heavy (non-hydrogen) atoms. The Morgan fingerprint density at radius 1 is 0.615 bits per heavy atom. The van der Waals surface area contributed by atoms with Crippen molar-refractivity contribution in [2.24, 2.45) is 23.7 Å². The van der Waals surface area contributed by atoms with E-state index in [-0.39, 0.29) is 58.2 Å². The second-order valence-electron chi connectivity index (χ2n) is 11.3. The fourth-order valence-corrected chi connectivity index (χ4v) is 5.25. The van der Waals surface area contributed by atoms with Gasteiger partial charge >= 0.3 is 0 Å². The van der Waals surface area contributed by atoms with Gasteiger partial charge in [0.15, 0.2) is 34.7 Å². The van der Waals surface area contributed by atoms with E-state index in [4.69, 9.17) is 4.74 Å². The van der Waals surface area contributed by atoms with E-state index in [1.165, 1.54) is 36.4 Å². The van der Waals surface area contributed by atoms with Gasteiger partial charge in [-0.2, -0.15) is 0 Å². The second kappa shape index (κ2) is 11.6. The van der Waals surface area contributed by atoms with Gasteiger partial charge in [0.2, 0.25) is 0 Å². The van der Waals surface area contributed by atoms with Crippen molar-refractivity contribution in [3.8, 4) is 11.5 Å². The number of hydrogen-bond acceptors (Lipinski definition) is 7. The van der Waals surface area contributed by atoms with Crippen LogP contribution in [0.1, 0.15) is 108 Å². The fraction of sp³-hybridized carbons (Fsp3) is 0.438. The van der Waals surface area contributed by atoms with Crippen molar-refractivity contribution in [3.63, 3.8) is 0 Å². The number of carbonyl (C=O) groups is 6. The van der Waals surface area contributed by atoms with Crippen molar-refractivity contribution in [1.82, 2.24) is 0 Å². The Morgan fingerprint density at radius 2 is 0.974 bits per heavy atom. The molecule has 0 N–H and O–H groups in total. The summed E-state index contributed by atoms with van der Waals surface area (Å²) in [6.45, 7) is 8.20. The van der Waals surface area contributed by atoms with Crippen LogP contribution in [0.2, 0.25) is 0 Å². The summed E-state index contributed by atoms with van der Waals surface area (Å²) >= 11 is 0. The van der Waals surface area contributed by atoms with Crippen LogP contribution in [0, 0.1) is 23.7 Å². The van der Waals surface area contributed by atoms with Gasteiger partial charge < -0.3 is 4.74 Å². The van der Waals surface area contributed by atoms with Gasteiger partial charge in [0.1, 0.15) is 23.3 Å².